The van der Waals surface area contributed by atoms with E-state index in [1.807, 2.05) is 25.1 Å². The third kappa shape index (κ3) is 2.79. The Hall–Kier alpha value is -1.81. The molecule has 19 heavy (non-hydrogen) atoms. The van der Waals surface area contributed by atoms with Gasteiger partial charge >= 0.3 is 0 Å². The number of hydrogen-bond acceptors (Lipinski definition) is 4. The molecule has 1 aromatic carbocycles. The molecule has 0 aliphatic heterocycles. The minimum absolute atomic E-state index is 0.239. The zero-order valence-corrected chi connectivity index (χ0v) is 12.0. The number of halogens is 1. The minimum Gasteiger partial charge on any atom is -0.383 e. The highest BCUT2D eigenvalue weighted by Gasteiger charge is 2.14. The first-order chi connectivity index (χ1) is 9.00. The van der Waals surface area contributed by atoms with Gasteiger partial charge in [0.05, 0.1) is 0 Å². The number of benzene rings is 1. The summed E-state index contributed by atoms with van der Waals surface area (Å²) in [4.78, 5) is 8.32. The molecule has 3 N–H and O–H groups in total. The Morgan fingerprint density at radius 3 is 2.68 bits per heavy atom. The Morgan fingerprint density at radius 2 is 2.00 bits per heavy atom. The molecule has 0 unspecified atom stereocenters. The van der Waals surface area contributed by atoms with Crippen LogP contribution < -0.4 is 11.1 Å². The van der Waals surface area contributed by atoms with E-state index in [-0.39, 0.29) is 5.92 Å². The van der Waals surface area contributed by atoms with Gasteiger partial charge in [-0.15, -0.1) is 0 Å². The number of aromatic nitrogens is 2. The van der Waals surface area contributed by atoms with Crippen molar-refractivity contribution in [3.05, 3.63) is 40.7 Å². The SMILES string of the molecule is Cc1c(Cl)cccc1Nc1ncnc(N)c1C(C)C. The van der Waals surface area contributed by atoms with Gasteiger partial charge in [0.25, 0.3) is 0 Å². The normalized spacial score (nSPS) is 10.8. The summed E-state index contributed by atoms with van der Waals surface area (Å²) in [5.74, 6) is 1.48. The lowest BCUT2D eigenvalue weighted by molar-refractivity contribution is 0.855. The molecule has 0 spiro atoms. The third-order valence-electron chi connectivity index (χ3n) is 3.01. The molecular weight excluding hydrogens is 260 g/mol. The van der Waals surface area contributed by atoms with Gasteiger partial charge in [-0.1, -0.05) is 31.5 Å². The van der Waals surface area contributed by atoms with Crippen LogP contribution in [0.15, 0.2) is 24.5 Å². The molecule has 2 aromatic rings. The fourth-order valence-electron chi connectivity index (χ4n) is 1.95. The largest absolute Gasteiger partial charge is 0.383 e. The fraction of sp³-hybridized carbons (Fsp3) is 0.286. The van der Waals surface area contributed by atoms with Gasteiger partial charge in [0.1, 0.15) is 18.0 Å². The quantitative estimate of drug-likeness (QED) is 0.893. The smallest absolute Gasteiger partial charge is 0.139 e. The topological polar surface area (TPSA) is 63.8 Å². The number of hydrogen-bond donors (Lipinski definition) is 2. The van der Waals surface area contributed by atoms with E-state index in [1.54, 1.807) is 0 Å². The molecule has 0 fully saturated rings. The van der Waals surface area contributed by atoms with Crippen LogP contribution in [0.1, 0.15) is 30.9 Å². The molecule has 0 atom stereocenters. The van der Waals surface area contributed by atoms with Gasteiger partial charge < -0.3 is 11.1 Å². The van der Waals surface area contributed by atoms with Crippen molar-refractivity contribution in [2.45, 2.75) is 26.7 Å². The van der Waals surface area contributed by atoms with Gasteiger partial charge in [-0.25, -0.2) is 9.97 Å². The summed E-state index contributed by atoms with van der Waals surface area (Å²) in [7, 11) is 0. The first-order valence-electron chi connectivity index (χ1n) is 6.13. The Kier molecular flexibility index (Phi) is 3.90. The maximum Gasteiger partial charge on any atom is 0.139 e. The van der Waals surface area contributed by atoms with Crippen LogP contribution >= 0.6 is 11.6 Å². The van der Waals surface area contributed by atoms with Crippen molar-refractivity contribution >= 4 is 28.9 Å². The third-order valence-corrected chi connectivity index (χ3v) is 3.42. The summed E-state index contributed by atoms with van der Waals surface area (Å²) in [6.45, 7) is 6.08. The molecule has 0 amide bonds. The van der Waals surface area contributed by atoms with Crippen molar-refractivity contribution in [3.8, 4) is 0 Å². The summed E-state index contributed by atoms with van der Waals surface area (Å²) < 4.78 is 0. The van der Waals surface area contributed by atoms with Crippen LogP contribution in [0.5, 0.6) is 0 Å². The van der Waals surface area contributed by atoms with Crippen LogP contribution in [0.3, 0.4) is 0 Å². The number of nitrogen functional groups attached to an aromatic ring is 1. The van der Waals surface area contributed by atoms with Crippen LogP contribution in [0.25, 0.3) is 0 Å². The van der Waals surface area contributed by atoms with E-state index in [2.05, 4.69) is 29.1 Å². The maximum absolute atomic E-state index is 6.12. The molecule has 2 rings (SSSR count). The molecule has 0 aliphatic carbocycles. The second kappa shape index (κ2) is 5.45. The lowest BCUT2D eigenvalue weighted by Crippen LogP contribution is -2.07. The number of anilines is 3. The van der Waals surface area contributed by atoms with Gasteiger partial charge in [0, 0.05) is 16.3 Å². The molecule has 100 valence electrons. The summed E-state index contributed by atoms with van der Waals surface area (Å²) in [5, 5.41) is 4.01. The van der Waals surface area contributed by atoms with Crippen molar-refractivity contribution < 1.29 is 0 Å². The maximum atomic E-state index is 6.12. The van der Waals surface area contributed by atoms with Crippen molar-refractivity contribution in [2.24, 2.45) is 0 Å². The Balaban J connectivity index is 2.44. The molecule has 0 saturated carbocycles. The summed E-state index contributed by atoms with van der Waals surface area (Å²) in [6, 6.07) is 5.72. The summed E-state index contributed by atoms with van der Waals surface area (Å²) in [6.07, 6.45) is 1.46. The van der Waals surface area contributed by atoms with Crippen molar-refractivity contribution in [1.29, 1.82) is 0 Å². The molecule has 4 nitrogen and oxygen atoms in total. The van der Waals surface area contributed by atoms with Gasteiger partial charge in [-0.05, 0) is 30.5 Å². The van der Waals surface area contributed by atoms with E-state index in [4.69, 9.17) is 17.3 Å². The first-order valence-corrected chi connectivity index (χ1v) is 6.51. The Morgan fingerprint density at radius 1 is 1.26 bits per heavy atom. The lowest BCUT2D eigenvalue weighted by atomic mass is 10.0. The Bertz CT molecular complexity index is 596. The lowest BCUT2D eigenvalue weighted by Gasteiger charge is -2.16. The highest BCUT2D eigenvalue weighted by atomic mass is 35.5. The standard InChI is InChI=1S/C14H17ClN4/c1-8(2)12-13(16)17-7-18-14(12)19-11-6-4-5-10(15)9(11)3/h4-8H,1-3H3,(H3,16,17,18,19). The van der Waals surface area contributed by atoms with E-state index in [1.165, 1.54) is 6.33 Å². The molecule has 0 saturated heterocycles. The molecule has 0 aliphatic rings. The molecule has 0 bridgehead atoms. The van der Waals surface area contributed by atoms with Gasteiger partial charge in [0.15, 0.2) is 0 Å². The highest BCUT2D eigenvalue weighted by Crippen LogP contribution is 2.31. The van der Waals surface area contributed by atoms with Crippen LogP contribution in [-0.2, 0) is 0 Å². The van der Waals surface area contributed by atoms with E-state index >= 15 is 0 Å². The van der Waals surface area contributed by atoms with Crippen molar-refractivity contribution in [3.63, 3.8) is 0 Å². The number of nitrogens with one attached hydrogen (secondary N) is 1. The second-order valence-electron chi connectivity index (χ2n) is 4.71. The van der Waals surface area contributed by atoms with Crippen LogP contribution in [0.4, 0.5) is 17.3 Å². The van der Waals surface area contributed by atoms with E-state index < -0.39 is 0 Å². The monoisotopic (exact) mass is 276 g/mol. The molecule has 5 heteroatoms. The summed E-state index contributed by atoms with van der Waals surface area (Å²) in [5.41, 5.74) is 8.75. The van der Waals surface area contributed by atoms with Crippen molar-refractivity contribution in [1.82, 2.24) is 9.97 Å². The predicted molar refractivity (Wildman–Crippen MR) is 80.0 cm³/mol. The zero-order valence-electron chi connectivity index (χ0n) is 11.2. The van der Waals surface area contributed by atoms with Crippen LogP contribution in [0, 0.1) is 6.92 Å². The summed E-state index contributed by atoms with van der Waals surface area (Å²) >= 11 is 6.12. The minimum atomic E-state index is 0.239. The molecule has 1 aromatic heterocycles. The van der Waals surface area contributed by atoms with Gasteiger partial charge in [-0.3, -0.25) is 0 Å². The van der Waals surface area contributed by atoms with Gasteiger partial charge in [-0.2, -0.15) is 0 Å². The number of rotatable bonds is 3. The predicted octanol–water partition coefficient (Wildman–Crippen LogP) is 3.89. The van der Waals surface area contributed by atoms with E-state index in [0.29, 0.717) is 5.82 Å². The van der Waals surface area contributed by atoms with Crippen LogP contribution in [0.2, 0.25) is 5.02 Å². The van der Waals surface area contributed by atoms with Gasteiger partial charge in [0.2, 0.25) is 0 Å². The highest BCUT2D eigenvalue weighted by molar-refractivity contribution is 6.31. The average molecular weight is 277 g/mol. The number of nitrogens with zero attached hydrogens (tertiary/aromatic N) is 2. The zero-order chi connectivity index (χ0) is 14.0. The average Bonchev–Trinajstić information content (AvgIpc) is 2.34. The second-order valence-corrected chi connectivity index (χ2v) is 5.12. The fourth-order valence-corrected chi connectivity index (χ4v) is 2.12. The molecule has 1 heterocycles. The van der Waals surface area contributed by atoms with E-state index in [9.17, 15) is 0 Å². The number of nitrogens with two attached hydrogens (primary N) is 1. The van der Waals surface area contributed by atoms with Crippen LogP contribution in [-0.4, -0.2) is 9.97 Å². The molecule has 0 radical (unpaired) electrons. The van der Waals surface area contributed by atoms with Crippen molar-refractivity contribution in [2.75, 3.05) is 11.1 Å². The first kappa shape index (κ1) is 13.6. The van der Waals surface area contributed by atoms with E-state index in [0.717, 1.165) is 27.7 Å². The Labute approximate surface area is 118 Å². The molecular formula is C14H17ClN4.